The summed E-state index contributed by atoms with van der Waals surface area (Å²) in [5, 5.41) is 5.82. The monoisotopic (exact) mass is 980 g/mol. The molecule has 0 spiro atoms. The molecule has 0 radical (unpaired) electrons. The number of thiophene rings is 2. The smallest absolute Gasteiger partial charge is 0.0497 e. The second kappa shape index (κ2) is 19.7. The molecule has 2 nitrogen and oxygen atoms in total. The van der Waals surface area contributed by atoms with E-state index in [2.05, 4.69) is 278 Å². The number of benzene rings is 10. The van der Waals surface area contributed by atoms with E-state index in [0.717, 1.165) is 39.7 Å². The molecular formula is C67H49ClN2S2. The second-order valence-electron chi connectivity index (χ2n) is 18.2. The molecule has 0 amide bonds. The van der Waals surface area contributed by atoms with Crippen LogP contribution in [-0.2, 0) is 0 Å². The first-order chi connectivity index (χ1) is 35.5. The van der Waals surface area contributed by atoms with Crippen LogP contribution in [0.25, 0.3) is 73.7 Å². The number of rotatable bonds is 12. The molecule has 0 aliphatic rings. The third kappa shape index (κ3) is 8.69. The molecular weight excluding hydrogens is 932 g/mol. The molecule has 0 aliphatic heterocycles. The molecule has 0 N–H and O–H groups in total. The number of hydrogen-bond acceptors (Lipinski definition) is 4. The lowest BCUT2D eigenvalue weighted by molar-refractivity contribution is 0.964. The normalized spacial score (nSPS) is 12.3. The summed E-state index contributed by atoms with van der Waals surface area (Å²) in [6.45, 7) is 4.36. The summed E-state index contributed by atoms with van der Waals surface area (Å²) in [4.78, 5) is 4.66. The number of allylic oxidation sites excluding steroid dienone is 3. The highest BCUT2D eigenvalue weighted by molar-refractivity contribution is 7.26. The van der Waals surface area contributed by atoms with Gasteiger partial charge in [0.05, 0.1) is 0 Å². The summed E-state index contributed by atoms with van der Waals surface area (Å²) in [7, 11) is 0. The van der Waals surface area contributed by atoms with Crippen LogP contribution in [0.1, 0.15) is 25.3 Å². The van der Waals surface area contributed by atoms with Crippen molar-refractivity contribution < 1.29 is 0 Å². The lowest BCUT2D eigenvalue weighted by atomic mass is 10.00. The van der Waals surface area contributed by atoms with E-state index in [9.17, 15) is 0 Å². The lowest BCUT2D eigenvalue weighted by Crippen LogP contribution is -2.17. The molecule has 1 atom stereocenters. The molecule has 0 saturated heterocycles. The van der Waals surface area contributed by atoms with Gasteiger partial charge in [-0.1, -0.05) is 201 Å². The average molecular weight is 982 g/mol. The number of nitrogens with zero attached hydrogens (tertiary/aromatic N) is 2. The van der Waals surface area contributed by atoms with Crippen molar-refractivity contribution >= 4 is 103 Å². The van der Waals surface area contributed by atoms with E-state index in [1.54, 1.807) is 0 Å². The van der Waals surface area contributed by atoms with E-state index in [-0.39, 0.29) is 5.92 Å². The summed E-state index contributed by atoms with van der Waals surface area (Å²) in [5.41, 5.74) is 14.4. The lowest BCUT2D eigenvalue weighted by Gasteiger charge is -2.30. The van der Waals surface area contributed by atoms with Crippen LogP contribution in [-0.4, -0.2) is 0 Å². The van der Waals surface area contributed by atoms with Crippen molar-refractivity contribution in [1.82, 2.24) is 0 Å². The maximum Gasteiger partial charge on any atom is 0.0497 e. The summed E-state index contributed by atoms with van der Waals surface area (Å²) in [5.74, 6) is 0.199. The molecule has 12 aromatic rings. The molecule has 2 aromatic heterocycles. The molecule has 72 heavy (non-hydrogen) atoms. The Labute approximate surface area is 434 Å². The van der Waals surface area contributed by atoms with Crippen molar-refractivity contribution in [3.8, 4) is 33.4 Å². The van der Waals surface area contributed by atoms with E-state index in [1.165, 1.54) is 73.7 Å². The van der Waals surface area contributed by atoms with Gasteiger partial charge in [-0.05, 0) is 125 Å². The predicted molar refractivity (Wildman–Crippen MR) is 315 cm³/mol. The maximum absolute atomic E-state index is 7.36. The molecule has 0 aliphatic carbocycles. The van der Waals surface area contributed by atoms with Crippen LogP contribution < -0.4 is 9.80 Å². The Kier molecular flexibility index (Phi) is 12.3. The minimum absolute atomic E-state index is 0.199. The van der Waals surface area contributed by atoms with Crippen molar-refractivity contribution in [2.24, 2.45) is 0 Å². The zero-order valence-electron chi connectivity index (χ0n) is 39.9. The van der Waals surface area contributed by atoms with Gasteiger partial charge in [0.25, 0.3) is 0 Å². The zero-order valence-corrected chi connectivity index (χ0v) is 42.3. The third-order valence-corrected chi connectivity index (χ3v) is 16.4. The molecule has 1 unspecified atom stereocenters. The highest BCUT2D eigenvalue weighted by atomic mass is 35.5. The van der Waals surface area contributed by atoms with Crippen LogP contribution in [0.4, 0.5) is 28.4 Å². The molecule has 346 valence electrons. The van der Waals surface area contributed by atoms with Crippen molar-refractivity contribution in [2.75, 3.05) is 9.80 Å². The Bertz CT molecular complexity index is 3950. The number of fused-ring (bicyclic) bond motifs is 6. The largest absolute Gasteiger partial charge is 0.311 e. The molecule has 0 bridgehead atoms. The summed E-state index contributed by atoms with van der Waals surface area (Å²) < 4.78 is 5.21. The minimum Gasteiger partial charge on any atom is -0.311 e. The Morgan fingerprint density at radius 2 is 0.889 bits per heavy atom. The van der Waals surface area contributed by atoms with Gasteiger partial charge in [0.15, 0.2) is 0 Å². The highest BCUT2D eigenvalue weighted by Gasteiger charge is 2.21. The summed E-state index contributed by atoms with van der Waals surface area (Å²) in [6, 6.07) is 85.3. The number of halogens is 1. The fourth-order valence-corrected chi connectivity index (χ4v) is 12.8. The topological polar surface area (TPSA) is 6.48 Å². The van der Waals surface area contributed by atoms with Gasteiger partial charge < -0.3 is 9.80 Å². The van der Waals surface area contributed by atoms with Crippen LogP contribution in [0.2, 0.25) is 5.02 Å². The first-order valence-electron chi connectivity index (χ1n) is 24.4. The van der Waals surface area contributed by atoms with Crippen molar-refractivity contribution in [1.29, 1.82) is 0 Å². The van der Waals surface area contributed by atoms with Crippen LogP contribution in [0.3, 0.4) is 0 Å². The van der Waals surface area contributed by atoms with Gasteiger partial charge in [0.2, 0.25) is 0 Å². The van der Waals surface area contributed by atoms with E-state index in [0.29, 0.717) is 5.02 Å². The molecule has 0 fully saturated rings. The van der Waals surface area contributed by atoms with Gasteiger partial charge in [-0.25, -0.2) is 0 Å². The molecule has 2 heterocycles. The number of hydrogen-bond donors (Lipinski definition) is 0. The first-order valence-corrected chi connectivity index (χ1v) is 26.5. The quantitative estimate of drug-likeness (QED) is 0.113. The zero-order chi connectivity index (χ0) is 48.5. The Morgan fingerprint density at radius 1 is 0.431 bits per heavy atom. The van der Waals surface area contributed by atoms with Gasteiger partial charge >= 0.3 is 0 Å². The Morgan fingerprint density at radius 3 is 1.44 bits per heavy atom. The summed E-state index contributed by atoms with van der Waals surface area (Å²) in [6.07, 6.45) is 6.73. The number of anilines is 5. The van der Waals surface area contributed by atoms with Crippen molar-refractivity contribution in [3.63, 3.8) is 0 Å². The predicted octanol–water partition coefficient (Wildman–Crippen LogP) is 20.9. The van der Waals surface area contributed by atoms with Crippen LogP contribution >= 0.6 is 34.3 Å². The standard InChI is InChI=1S/C67H49ClN2S2/c1-3-52(35-28-45(2)46-16-6-4-7-17-46)69(53-38-31-49(32-39-53)58-22-14-24-62-60-20-10-12-26-64(60)71-66(58)62)56-42-51(68)43-57(44-56)70(54-36-29-48(30-37-54)47-18-8-5-9-19-47)55-40-33-50(34-41-55)59-23-15-25-63-61-21-11-13-27-65(61)72-67(59)63/h3-45H,1-2H3/b35-28-,52-3+. The minimum atomic E-state index is 0.199. The Balaban J connectivity index is 0.976. The van der Waals surface area contributed by atoms with Gasteiger partial charge in [0, 0.05) is 79.5 Å². The van der Waals surface area contributed by atoms with Gasteiger partial charge in [-0.15, -0.1) is 22.7 Å². The van der Waals surface area contributed by atoms with E-state index >= 15 is 0 Å². The molecule has 12 rings (SSSR count). The fourth-order valence-electron chi connectivity index (χ4n) is 10.1. The Hall–Kier alpha value is -7.99. The third-order valence-electron chi connectivity index (χ3n) is 13.7. The van der Waals surface area contributed by atoms with Gasteiger partial charge in [-0.2, -0.15) is 0 Å². The molecule has 0 saturated carbocycles. The fraction of sp³-hybridized carbons (Fsp3) is 0.0448. The van der Waals surface area contributed by atoms with Crippen molar-refractivity contribution in [2.45, 2.75) is 19.8 Å². The van der Waals surface area contributed by atoms with E-state index < -0.39 is 0 Å². The van der Waals surface area contributed by atoms with E-state index in [4.69, 9.17) is 11.6 Å². The van der Waals surface area contributed by atoms with Crippen LogP contribution in [0, 0.1) is 0 Å². The van der Waals surface area contributed by atoms with Crippen molar-refractivity contribution in [3.05, 3.63) is 271 Å². The second-order valence-corrected chi connectivity index (χ2v) is 20.7. The van der Waals surface area contributed by atoms with Gasteiger partial charge in [-0.3, -0.25) is 0 Å². The summed E-state index contributed by atoms with van der Waals surface area (Å²) >= 11 is 11.1. The molecule has 10 aromatic carbocycles. The highest BCUT2D eigenvalue weighted by Crippen LogP contribution is 2.45. The van der Waals surface area contributed by atoms with E-state index in [1.807, 2.05) is 22.7 Å². The van der Waals surface area contributed by atoms with Gasteiger partial charge in [0.1, 0.15) is 0 Å². The first kappa shape index (κ1) is 45.2. The average Bonchev–Trinajstić information content (AvgIpc) is 4.02. The van der Waals surface area contributed by atoms with Crippen LogP contribution in [0.5, 0.6) is 0 Å². The van der Waals surface area contributed by atoms with Crippen LogP contribution in [0.15, 0.2) is 261 Å². The SMILES string of the molecule is C/C=C(\C=C/C(C)c1ccccc1)N(c1ccc(-c2cccc3c2sc2ccccc23)cc1)c1cc(Cl)cc(N(c2ccc(-c3ccccc3)cc2)c2ccc(-c3cccc4c3sc3ccccc34)cc2)c1. The maximum atomic E-state index is 7.36. The molecule has 5 heteroatoms.